The molecule has 0 saturated heterocycles. The average Bonchev–Trinajstić information content (AvgIpc) is 3.42. The summed E-state index contributed by atoms with van der Waals surface area (Å²) in [4.78, 5) is 21.7. The molecule has 1 aromatic carbocycles. The average molecular weight is 525 g/mol. The number of guanidine groups is 1. The van der Waals surface area contributed by atoms with Gasteiger partial charge in [-0.25, -0.2) is 4.99 Å². The van der Waals surface area contributed by atoms with Crippen LogP contribution in [0.15, 0.2) is 41.4 Å². The number of halogens is 1. The van der Waals surface area contributed by atoms with Crippen molar-refractivity contribution in [1.29, 1.82) is 0 Å². The Kier molecular flexibility index (Phi) is 9.45. The predicted octanol–water partition coefficient (Wildman–Crippen LogP) is 3.38. The molecule has 30 heavy (non-hydrogen) atoms. The van der Waals surface area contributed by atoms with E-state index in [9.17, 15) is 4.79 Å². The minimum atomic E-state index is -0.303. The zero-order valence-corrected chi connectivity index (χ0v) is 20.8. The molecular weight excluding hydrogens is 489 g/mol. The summed E-state index contributed by atoms with van der Waals surface area (Å²) < 4.78 is 0. The fourth-order valence-corrected chi connectivity index (χ4v) is 4.30. The zero-order valence-electron chi connectivity index (χ0n) is 18.5. The maximum atomic E-state index is 12.8. The zero-order chi connectivity index (χ0) is 20.7. The normalized spacial score (nSPS) is 17.6. The first-order valence-corrected chi connectivity index (χ1v) is 10.8. The van der Waals surface area contributed by atoms with Crippen LogP contribution in [0.3, 0.4) is 0 Å². The maximum Gasteiger partial charge on any atom is 0.230 e. The van der Waals surface area contributed by atoms with Gasteiger partial charge in [0.15, 0.2) is 5.96 Å². The van der Waals surface area contributed by atoms with E-state index in [1.54, 1.807) is 4.90 Å². The SMILES string of the molecule is CCNC(=NCc1cccc(N2CC=CC2)c1)NCC1(C(=O)N(C)C)CCCC1.I. The van der Waals surface area contributed by atoms with Gasteiger partial charge in [-0.3, -0.25) is 4.79 Å². The Balaban J connectivity index is 0.00000320. The van der Waals surface area contributed by atoms with Gasteiger partial charge >= 0.3 is 0 Å². The standard InChI is InChI=1S/C23H35N5O.HI/c1-4-24-22(26-18-23(12-5-6-13-23)21(29)27(2)3)25-17-19-10-9-11-20(16-19)28-14-7-8-15-28;/h7-11,16H,4-6,12-15,17-18H2,1-3H3,(H2,24,25,26);1H. The van der Waals surface area contributed by atoms with E-state index in [2.05, 4.69) is 58.9 Å². The molecule has 6 nitrogen and oxygen atoms in total. The fraction of sp³-hybridized carbons (Fsp3) is 0.565. The van der Waals surface area contributed by atoms with Crippen molar-refractivity contribution in [2.75, 3.05) is 45.2 Å². The molecule has 1 aliphatic carbocycles. The third-order valence-electron chi connectivity index (χ3n) is 5.87. The van der Waals surface area contributed by atoms with Gasteiger partial charge in [0.05, 0.1) is 12.0 Å². The van der Waals surface area contributed by atoms with Gasteiger partial charge in [-0.2, -0.15) is 0 Å². The van der Waals surface area contributed by atoms with Gasteiger partial charge in [-0.1, -0.05) is 37.1 Å². The summed E-state index contributed by atoms with van der Waals surface area (Å²) in [5, 5.41) is 6.78. The molecule has 1 aromatic rings. The van der Waals surface area contributed by atoms with E-state index in [0.29, 0.717) is 13.1 Å². The van der Waals surface area contributed by atoms with Crippen molar-refractivity contribution in [2.24, 2.45) is 10.4 Å². The van der Waals surface area contributed by atoms with E-state index in [1.807, 2.05) is 14.1 Å². The molecule has 1 fully saturated rings. The van der Waals surface area contributed by atoms with E-state index in [1.165, 1.54) is 11.3 Å². The number of hydrogen-bond donors (Lipinski definition) is 2. The largest absolute Gasteiger partial charge is 0.364 e. The lowest BCUT2D eigenvalue weighted by Crippen LogP contribution is -2.49. The van der Waals surface area contributed by atoms with Crippen LogP contribution in [0, 0.1) is 5.41 Å². The Morgan fingerprint density at radius 3 is 2.50 bits per heavy atom. The van der Waals surface area contributed by atoms with Gasteiger partial charge in [-0.05, 0) is 37.5 Å². The van der Waals surface area contributed by atoms with Crippen LogP contribution in [0.1, 0.15) is 38.2 Å². The summed E-state index contributed by atoms with van der Waals surface area (Å²) >= 11 is 0. The minimum Gasteiger partial charge on any atom is -0.364 e. The van der Waals surface area contributed by atoms with Crippen LogP contribution in [0.25, 0.3) is 0 Å². The molecule has 0 aromatic heterocycles. The van der Waals surface area contributed by atoms with Crippen LogP contribution in [0.2, 0.25) is 0 Å². The lowest BCUT2D eigenvalue weighted by atomic mass is 9.84. The molecule has 0 spiro atoms. The Labute approximate surface area is 198 Å². The van der Waals surface area contributed by atoms with E-state index in [0.717, 1.165) is 51.3 Å². The molecule has 1 saturated carbocycles. The van der Waals surface area contributed by atoms with E-state index >= 15 is 0 Å². The third kappa shape index (κ3) is 6.12. The monoisotopic (exact) mass is 525 g/mol. The summed E-state index contributed by atoms with van der Waals surface area (Å²) in [7, 11) is 3.70. The van der Waals surface area contributed by atoms with Crippen molar-refractivity contribution in [1.82, 2.24) is 15.5 Å². The molecule has 1 amide bonds. The summed E-state index contributed by atoms with van der Waals surface area (Å²) in [6.07, 6.45) is 8.53. The van der Waals surface area contributed by atoms with Crippen molar-refractivity contribution in [3.8, 4) is 0 Å². The molecule has 2 aliphatic rings. The molecule has 0 bridgehead atoms. The third-order valence-corrected chi connectivity index (χ3v) is 5.87. The number of anilines is 1. The van der Waals surface area contributed by atoms with Crippen LogP contribution in [0.4, 0.5) is 5.69 Å². The summed E-state index contributed by atoms with van der Waals surface area (Å²) in [5.74, 6) is 1.00. The molecule has 0 radical (unpaired) electrons. The molecule has 0 unspecified atom stereocenters. The smallest absolute Gasteiger partial charge is 0.230 e. The minimum absolute atomic E-state index is 0. The Bertz CT molecular complexity index is 748. The number of benzene rings is 1. The number of rotatable bonds is 7. The molecule has 166 valence electrons. The van der Waals surface area contributed by atoms with Gasteiger partial charge in [0.2, 0.25) is 5.91 Å². The van der Waals surface area contributed by atoms with Crippen molar-refractivity contribution < 1.29 is 4.79 Å². The quantitative estimate of drug-likeness (QED) is 0.248. The van der Waals surface area contributed by atoms with Crippen LogP contribution in [0.5, 0.6) is 0 Å². The number of hydrogen-bond acceptors (Lipinski definition) is 3. The van der Waals surface area contributed by atoms with Gasteiger partial charge < -0.3 is 20.4 Å². The molecule has 3 rings (SSSR count). The number of aliphatic imine (C=N–C) groups is 1. The lowest BCUT2D eigenvalue weighted by molar-refractivity contribution is -0.138. The Morgan fingerprint density at radius 1 is 1.17 bits per heavy atom. The molecule has 1 aliphatic heterocycles. The van der Waals surface area contributed by atoms with Crippen molar-refractivity contribution in [2.45, 2.75) is 39.2 Å². The second kappa shape index (κ2) is 11.6. The van der Waals surface area contributed by atoms with Gasteiger partial charge in [-0.15, -0.1) is 24.0 Å². The highest BCUT2D eigenvalue weighted by atomic mass is 127. The number of carbonyl (C=O) groups is 1. The number of carbonyl (C=O) groups excluding carboxylic acids is 1. The molecule has 1 heterocycles. The molecule has 0 atom stereocenters. The first-order chi connectivity index (χ1) is 14.0. The topological polar surface area (TPSA) is 60.0 Å². The van der Waals surface area contributed by atoms with Crippen LogP contribution < -0.4 is 15.5 Å². The number of amides is 1. The number of nitrogens with zero attached hydrogens (tertiary/aromatic N) is 3. The first-order valence-electron chi connectivity index (χ1n) is 10.8. The first kappa shape index (κ1) is 24.5. The number of nitrogens with one attached hydrogen (secondary N) is 2. The fourth-order valence-electron chi connectivity index (χ4n) is 4.30. The summed E-state index contributed by atoms with van der Waals surface area (Å²) in [6, 6.07) is 8.59. The molecule has 2 N–H and O–H groups in total. The van der Waals surface area contributed by atoms with E-state index in [-0.39, 0.29) is 35.3 Å². The van der Waals surface area contributed by atoms with Crippen molar-refractivity contribution >= 4 is 41.5 Å². The predicted molar refractivity (Wildman–Crippen MR) is 136 cm³/mol. The molecule has 7 heteroatoms. The van der Waals surface area contributed by atoms with Crippen molar-refractivity contribution in [3.05, 3.63) is 42.0 Å². The van der Waals surface area contributed by atoms with E-state index in [4.69, 9.17) is 4.99 Å². The summed E-state index contributed by atoms with van der Waals surface area (Å²) in [6.45, 7) is 6.04. The Morgan fingerprint density at radius 2 is 1.87 bits per heavy atom. The lowest BCUT2D eigenvalue weighted by Gasteiger charge is -2.31. The maximum absolute atomic E-state index is 12.8. The highest BCUT2D eigenvalue weighted by molar-refractivity contribution is 14.0. The van der Waals surface area contributed by atoms with Gasteiger partial charge in [0.25, 0.3) is 0 Å². The summed E-state index contributed by atoms with van der Waals surface area (Å²) in [5.41, 5.74) is 2.12. The second-order valence-corrected chi connectivity index (χ2v) is 8.28. The van der Waals surface area contributed by atoms with Gasteiger partial charge in [0.1, 0.15) is 0 Å². The van der Waals surface area contributed by atoms with Crippen LogP contribution in [-0.2, 0) is 11.3 Å². The van der Waals surface area contributed by atoms with Gasteiger partial charge in [0, 0.05) is 46.0 Å². The Hall–Kier alpha value is -1.77. The second-order valence-electron chi connectivity index (χ2n) is 8.28. The van der Waals surface area contributed by atoms with Crippen LogP contribution >= 0.6 is 24.0 Å². The van der Waals surface area contributed by atoms with E-state index < -0.39 is 0 Å². The molecular formula is C23H36IN5O. The highest BCUT2D eigenvalue weighted by Gasteiger charge is 2.42. The highest BCUT2D eigenvalue weighted by Crippen LogP contribution is 2.38. The van der Waals surface area contributed by atoms with Crippen molar-refractivity contribution in [3.63, 3.8) is 0 Å². The van der Waals surface area contributed by atoms with Crippen LogP contribution in [-0.4, -0.2) is 57.0 Å².